The minimum Gasteiger partial charge on any atom is -0.496 e. The fourth-order valence-electron chi connectivity index (χ4n) is 3.96. The zero-order valence-corrected chi connectivity index (χ0v) is 14.6. The number of benzene rings is 1. The first-order chi connectivity index (χ1) is 11.7. The van der Waals surface area contributed by atoms with Gasteiger partial charge in [0.25, 0.3) is 0 Å². The van der Waals surface area contributed by atoms with Crippen LogP contribution in [0.4, 0.5) is 0 Å². The first kappa shape index (κ1) is 15.5. The first-order valence-electron chi connectivity index (χ1n) is 8.76. The van der Waals surface area contributed by atoms with Gasteiger partial charge in [-0.15, -0.1) is 0 Å². The van der Waals surface area contributed by atoms with E-state index < -0.39 is 0 Å². The van der Waals surface area contributed by atoms with Crippen LogP contribution in [-0.4, -0.2) is 23.0 Å². The van der Waals surface area contributed by atoms with Gasteiger partial charge >= 0.3 is 0 Å². The maximum atomic E-state index is 5.90. The summed E-state index contributed by atoms with van der Waals surface area (Å²) in [6, 6.07) is 4.63. The van der Waals surface area contributed by atoms with E-state index in [1.807, 2.05) is 17.9 Å². The lowest BCUT2D eigenvalue weighted by Gasteiger charge is -2.24. The van der Waals surface area contributed by atoms with Crippen LogP contribution in [0.1, 0.15) is 48.2 Å². The van der Waals surface area contributed by atoms with Crippen LogP contribution in [0.2, 0.25) is 0 Å². The second-order valence-corrected chi connectivity index (χ2v) is 6.90. The molecule has 128 valence electrons. The molecule has 1 aliphatic carbocycles. The highest BCUT2D eigenvalue weighted by Crippen LogP contribution is 2.36. The van der Waals surface area contributed by atoms with Gasteiger partial charge < -0.3 is 14.8 Å². The fraction of sp³-hybridized carbons (Fsp3) is 0.526. The van der Waals surface area contributed by atoms with E-state index in [1.165, 1.54) is 23.2 Å². The molecular formula is C19H25N3O2. The zero-order chi connectivity index (χ0) is 16.7. The van der Waals surface area contributed by atoms with Crippen molar-refractivity contribution in [2.75, 3.05) is 7.11 Å². The molecule has 0 spiro atoms. The molecule has 4 rings (SSSR count). The summed E-state index contributed by atoms with van der Waals surface area (Å²) in [6.45, 7) is 2.88. The molecular weight excluding hydrogens is 302 g/mol. The van der Waals surface area contributed by atoms with Gasteiger partial charge in [0, 0.05) is 48.4 Å². The Kier molecular flexibility index (Phi) is 3.96. The van der Waals surface area contributed by atoms with Crippen molar-refractivity contribution in [1.82, 2.24) is 15.1 Å². The van der Waals surface area contributed by atoms with Crippen molar-refractivity contribution in [2.45, 2.75) is 51.3 Å². The Labute approximate surface area is 143 Å². The highest BCUT2D eigenvalue weighted by molar-refractivity contribution is 5.48. The van der Waals surface area contributed by atoms with Crippen LogP contribution >= 0.6 is 0 Å². The number of aromatic nitrogens is 2. The van der Waals surface area contributed by atoms with Gasteiger partial charge in [0.2, 0.25) is 0 Å². The summed E-state index contributed by atoms with van der Waals surface area (Å²) in [5, 5.41) is 8.12. The third-order valence-electron chi connectivity index (χ3n) is 5.21. The number of nitrogens with one attached hydrogen (secondary N) is 1. The third kappa shape index (κ3) is 2.67. The van der Waals surface area contributed by atoms with Gasteiger partial charge in [-0.25, -0.2) is 0 Å². The summed E-state index contributed by atoms with van der Waals surface area (Å²) in [5.74, 6) is 1.95. The van der Waals surface area contributed by atoms with Gasteiger partial charge in [-0.05, 0) is 38.3 Å². The second kappa shape index (κ2) is 6.13. The van der Waals surface area contributed by atoms with Crippen LogP contribution in [0, 0.1) is 0 Å². The van der Waals surface area contributed by atoms with Crippen molar-refractivity contribution in [2.24, 2.45) is 7.05 Å². The zero-order valence-electron chi connectivity index (χ0n) is 14.6. The molecule has 0 saturated heterocycles. The molecule has 0 amide bonds. The molecule has 5 heteroatoms. The van der Waals surface area contributed by atoms with Gasteiger partial charge in [0.1, 0.15) is 17.6 Å². The molecule has 1 aliphatic heterocycles. The van der Waals surface area contributed by atoms with E-state index in [0.717, 1.165) is 42.9 Å². The largest absolute Gasteiger partial charge is 0.496 e. The molecule has 1 aromatic heterocycles. The standard InChI is InChI=1S/C19H25N3O2/c1-12-7-13-8-18(23-3)14(9-19(13)24-12)10-20-16-5-4-6-17-15(16)11-21-22(17)2/h8-9,11-12,16,20H,4-7,10H2,1-3H3/t12-,16+/m0/s1. The molecule has 2 heterocycles. The number of hydrogen-bond acceptors (Lipinski definition) is 4. The van der Waals surface area contributed by atoms with Crippen molar-refractivity contribution in [1.29, 1.82) is 0 Å². The summed E-state index contributed by atoms with van der Waals surface area (Å²) in [6.07, 6.45) is 6.70. The molecule has 5 nitrogen and oxygen atoms in total. The maximum absolute atomic E-state index is 5.90. The summed E-state index contributed by atoms with van der Waals surface area (Å²) < 4.78 is 13.5. The molecule has 0 fully saturated rings. The highest BCUT2D eigenvalue weighted by Gasteiger charge is 2.25. The second-order valence-electron chi connectivity index (χ2n) is 6.90. The van der Waals surface area contributed by atoms with Crippen LogP contribution in [0.25, 0.3) is 0 Å². The Bertz CT molecular complexity index is 753. The van der Waals surface area contributed by atoms with Crippen LogP contribution in [0.15, 0.2) is 18.3 Å². The van der Waals surface area contributed by atoms with Crippen LogP contribution in [0.5, 0.6) is 11.5 Å². The third-order valence-corrected chi connectivity index (χ3v) is 5.21. The summed E-state index contributed by atoms with van der Waals surface area (Å²) in [4.78, 5) is 0. The van der Waals surface area contributed by atoms with Crippen molar-refractivity contribution in [3.05, 3.63) is 40.7 Å². The van der Waals surface area contributed by atoms with Crippen molar-refractivity contribution in [3.63, 3.8) is 0 Å². The summed E-state index contributed by atoms with van der Waals surface area (Å²) in [5.41, 5.74) is 5.10. The Hall–Kier alpha value is -2.01. The van der Waals surface area contributed by atoms with E-state index in [2.05, 4.69) is 29.5 Å². The Morgan fingerprint density at radius 1 is 1.42 bits per heavy atom. The minimum absolute atomic E-state index is 0.254. The lowest BCUT2D eigenvalue weighted by molar-refractivity contribution is 0.254. The predicted molar refractivity (Wildman–Crippen MR) is 92.5 cm³/mol. The number of hydrogen-bond donors (Lipinski definition) is 1. The maximum Gasteiger partial charge on any atom is 0.123 e. The van der Waals surface area contributed by atoms with Gasteiger partial charge in [-0.2, -0.15) is 5.10 Å². The number of methoxy groups -OCH3 is 1. The number of ether oxygens (including phenoxy) is 2. The van der Waals surface area contributed by atoms with Crippen LogP contribution in [-0.2, 0) is 26.4 Å². The Morgan fingerprint density at radius 2 is 2.29 bits per heavy atom. The van der Waals surface area contributed by atoms with E-state index in [-0.39, 0.29) is 6.10 Å². The van der Waals surface area contributed by atoms with Crippen LogP contribution < -0.4 is 14.8 Å². The van der Waals surface area contributed by atoms with Gasteiger partial charge in [0.05, 0.1) is 13.3 Å². The summed E-state index contributed by atoms with van der Waals surface area (Å²) >= 11 is 0. The fourth-order valence-corrected chi connectivity index (χ4v) is 3.96. The Balaban J connectivity index is 1.54. The molecule has 2 atom stereocenters. The molecule has 2 aliphatic rings. The van der Waals surface area contributed by atoms with Crippen molar-refractivity contribution < 1.29 is 9.47 Å². The van der Waals surface area contributed by atoms with E-state index in [9.17, 15) is 0 Å². The van der Waals surface area contributed by atoms with E-state index in [1.54, 1.807) is 7.11 Å². The monoisotopic (exact) mass is 327 g/mol. The lowest BCUT2D eigenvalue weighted by Crippen LogP contribution is -2.25. The first-order valence-corrected chi connectivity index (χ1v) is 8.76. The molecule has 0 radical (unpaired) electrons. The topological polar surface area (TPSA) is 48.3 Å². The molecule has 0 bridgehead atoms. The molecule has 0 saturated carbocycles. The smallest absolute Gasteiger partial charge is 0.123 e. The SMILES string of the molecule is COc1cc2c(cc1CN[C@@H]1CCCc3c1cnn3C)O[C@@H](C)C2. The van der Waals surface area contributed by atoms with Gasteiger partial charge in [0.15, 0.2) is 0 Å². The van der Waals surface area contributed by atoms with Crippen molar-refractivity contribution in [3.8, 4) is 11.5 Å². The van der Waals surface area contributed by atoms with E-state index >= 15 is 0 Å². The van der Waals surface area contributed by atoms with Crippen LogP contribution in [0.3, 0.4) is 0 Å². The quantitative estimate of drug-likeness (QED) is 0.938. The minimum atomic E-state index is 0.254. The van der Waals surface area contributed by atoms with E-state index in [4.69, 9.17) is 9.47 Å². The Morgan fingerprint density at radius 3 is 3.12 bits per heavy atom. The number of rotatable bonds is 4. The van der Waals surface area contributed by atoms with Gasteiger partial charge in [-0.1, -0.05) is 0 Å². The average molecular weight is 327 g/mol. The molecule has 1 aromatic carbocycles. The summed E-state index contributed by atoms with van der Waals surface area (Å²) in [7, 11) is 3.77. The predicted octanol–water partition coefficient (Wildman–Crippen LogP) is 2.92. The van der Waals surface area contributed by atoms with Crippen molar-refractivity contribution >= 4 is 0 Å². The molecule has 2 aromatic rings. The highest BCUT2D eigenvalue weighted by atomic mass is 16.5. The molecule has 24 heavy (non-hydrogen) atoms. The molecule has 0 unspecified atom stereocenters. The lowest BCUT2D eigenvalue weighted by atomic mass is 9.93. The van der Waals surface area contributed by atoms with E-state index in [0.29, 0.717) is 6.04 Å². The van der Waals surface area contributed by atoms with Gasteiger partial charge in [-0.3, -0.25) is 4.68 Å². The normalized spacial score (nSPS) is 22.0. The number of nitrogens with zero attached hydrogens (tertiary/aromatic N) is 2. The number of fused-ring (bicyclic) bond motifs is 2. The number of aryl methyl sites for hydroxylation is 1. The molecule has 1 N–H and O–H groups in total. The average Bonchev–Trinajstić information content (AvgIpc) is 3.14.